The fraction of sp³-hybridized carbons (Fsp3) is 0.286. The fourth-order valence-electron chi connectivity index (χ4n) is 4.17. The molecule has 0 bridgehead atoms. The Hall–Kier alpha value is -3.35. The lowest BCUT2D eigenvalue weighted by molar-refractivity contribution is 0.0808. The van der Waals surface area contributed by atoms with Crippen molar-refractivity contribution in [1.29, 1.82) is 0 Å². The van der Waals surface area contributed by atoms with Crippen LogP contribution in [0.2, 0.25) is 0 Å². The van der Waals surface area contributed by atoms with Crippen LogP contribution < -0.4 is 23.7 Å². The molecule has 2 aromatic rings. The maximum absolute atomic E-state index is 13.0. The smallest absolute Gasteiger partial charge is 0.258 e. The Morgan fingerprint density at radius 2 is 1.75 bits per heavy atom. The number of ether oxygens (including phenoxy) is 5. The van der Waals surface area contributed by atoms with Crippen LogP contribution in [0.5, 0.6) is 28.7 Å². The highest BCUT2D eigenvalue weighted by atomic mass is 16.7. The van der Waals surface area contributed by atoms with Gasteiger partial charge in [0.2, 0.25) is 12.5 Å². The molecule has 5 rings (SSSR count). The van der Waals surface area contributed by atoms with Crippen LogP contribution in [0.3, 0.4) is 0 Å². The van der Waals surface area contributed by atoms with Gasteiger partial charge in [-0.2, -0.15) is 0 Å². The van der Waals surface area contributed by atoms with Gasteiger partial charge in [0.15, 0.2) is 23.0 Å². The third-order valence-corrected chi connectivity index (χ3v) is 5.47. The van der Waals surface area contributed by atoms with Crippen molar-refractivity contribution in [2.45, 2.75) is 12.5 Å². The summed E-state index contributed by atoms with van der Waals surface area (Å²) in [7, 11) is 4.77. The maximum Gasteiger partial charge on any atom is 0.258 e. The fourth-order valence-corrected chi connectivity index (χ4v) is 4.17. The Morgan fingerprint density at radius 3 is 2.46 bits per heavy atom. The third kappa shape index (κ3) is 2.19. The summed E-state index contributed by atoms with van der Waals surface area (Å²) in [6, 6.07) is 5.49. The standard InChI is InChI=1S/C21H19NO6/c1-24-18-7-11-6-15-13-8-16-17(28-10-27-16)9-14(13)21(23)22(15)5-4-12(11)19(25-2)20(18)26-3/h4-5,7-9,15H,6,10H2,1-3H3. The number of hydrogen-bond acceptors (Lipinski definition) is 6. The van der Waals surface area contributed by atoms with Gasteiger partial charge in [-0.3, -0.25) is 4.79 Å². The largest absolute Gasteiger partial charge is 0.493 e. The van der Waals surface area contributed by atoms with E-state index in [0.717, 1.165) is 16.7 Å². The van der Waals surface area contributed by atoms with Crippen molar-refractivity contribution in [2.24, 2.45) is 0 Å². The molecule has 3 aliphatic heterocycles. The van der Waals surface area contributed by atoms with Crippen LogP contribution in [0.25, 0.3) is 6.08 Å². The lowest BCUT2D eigenvalue weighted by Crippen LogP contribution is -2.22. The molecule has 144 valence electrons. The number of rotatable bonds is 3. The van der Waals surface area contributed by atoms with Crippen LogP contribution in [-0.2, 0) is 6.42 Å². The summed E-state index contributed by atoms with van der Waals surface area (Å²) in [6.45, 7) is 0.178. The van der Waals surface area contributed by atoms with Gasteiger partial charge in [0.25, 0.3) is 5.91 Å². The minimum absolute atomic E-state index is 0.0553. The first-order valence-electron chi connectivity index (χ1n) is 8.92. The summed E-state index contributed by atoms with van der Waals surface area (Å²) in [5, 5.41) is 0. The van der Waals surface area contributed by atoms with Crippen LogP contribution in [0.4, 0.5) is 0 Å². The molecule has 0 N–H and O–H groups in total. The normalized spacial score (nSPS) is 18.3. The first-order valence-corrected chi connectivity index (χ1v) is 8.92. The average molecular weight is 381 g/mol. The zero-order chi connectivity index (χ0) is 19.4. The molecule has 3 aliphatic rings. The number of fused-ring (bicyclic) bond motifs is 5. The number of carbonyl (C=O) groups excluding carboxylic acids is 1. The van der Waals surface area contributed by atoms with Crippen LogP contribution in [-0.4, -0.2) is 38.9 Å². The predicted molar refractivity (Wildman–Crippen MR) is 100 cm³/mol. The number of methoxy groups -OCH3 is 3. The van der Waals surface area contributed by atoms with Gasteiger partial charge in [-0.1, -0.05) is 0 Å². The molecule has 3 heterocycles. The topological polar surface area (TPSA) is 66.5 Å². The Kier molecular flexibility index (Phi) is 3.65. The second-order valence-corrected chi connectivity index (χ2v) is 6.76. The van der Waals surface area contributed by atoms with E-state index in [4.69, 9.17) is 23.7 Å². The third-order valence-electron chi connectivity index (χ3n) is 5.47. The van der Waals surface area contributed by atoms with E-state index >= 15 is 0 Å². The van der Waals surface area contributed by atoms with E-state index in [2.05, 4.69) is 0 Å². The number of carbonyl (C=O) groups is 1. The molecule has 0 aromatic heterocycles. The van der Waals surface area contributed by atoms with Crippen molar-refractivity contribution in [3.63, 3.8) is 0 Å². The molecule has 7 heteroatoms. The van der Waals surface area contributed by atoms with Gasteiger partial charge in [-0.25, -0.2) is 0 Å². The van der Waals surface area contributed by atoms with Crippen molar-refractivity contribution in [2.75, 3.05) is 28.1 Å². The number of benzene rings is 2. The van der Waals surface area contributed by atoms with Gasteiger partial charge >= 0.3 is 0 Å². The van der Waals surface area contributed by atoms with Crippen molar-refractivity contribution < 1.29 is 28.5 Å². The summed E-state index contributed by atoms with van der Waals surface area (Å²) in [5.74, 6) is 2.95. The molecule has 0 fully saturated rings. The Balaban J connectivity index is 1.66. The lowest BCUT2D eigenvalue weighted by Gasteiger charge is -2.21. The van der Waals surface area contributed by atoms with E-state index in [1.807, 2.05) is 18.2 Å². The maximum atomic E-state index is 13.0. The Labute approximate surface area is 162 Å². The molecular weight excluding hydrogens is 362 g/mol. The summed E-state index contributed by atoms with van der Waals surface area (Å²) in [5.41, 5.74) is 3.47. The van der Waals surface area contributed by atoms with Gasteiger partial charge in [0.1, 0.15) is 0 Å². The molecule has 7 nitrogen and oxygen atoms in total. The van der Waals surface area contributed by atoms with Gasteiger partial charge < -0.3 is 28.6 Å². The SMILES string of the molecule is COc1cc2c(c(OC)c1OC)C=CN1C(=O)c3cc4c(cc3C1C2)OCO4. The molecular formula is C21H19NO6. The quantitative estimate of drug-likeness (QED) is 0.814. The molecule has 1 atom stereocenters. The van der Waals surface area contributed by atoms with E-state index in [-0.39, 0.29) is 18.7 Å². The highest BCUT2D eigenvalue weighted by Crippen LogP contribution is 2.49. The number of amides is 1. The second-order valence-electron chi connectivity index (χ2n) is 6.76. The predicted octanol–water partition coefficient (Wildman–Crippen LogP) is 3.17. The van der Waals surface area contributed by atoms with Crippen molar-refractivity contribution >= 4 is 12.0 Å². The van der Waals surface area contributed by atoms with Crippen molar-refractivity contribution in [3.05, 3.63) is 46.7 Å². The van der Waals surface area contributed by atoms with Gasteiger partial charge in [-0.05, 0) is 41.8 Å². The van der Waals surface area contributed by atoms with E-state index in [1.54, 1.807) is 38.5 Å². The van der Waals surface area contributed by atoms with Crippen LogP contribution >= 0.6 is 0 Å². The molecule has 0 spiro atoms. The summed E-state index contributed by atoms with van der Waals surface area (Å²) in [4.78, 5) is 14.8. The highest BCUT2D eigenvalue weighted by Gasteiger charge is 2.39. The Morgan fingerprint density at radius 1 is 1.00 bits per heavy atom. The zero-order valence-corrected chi connectivity index (χ0v) is 15.8. The molecule has 0 aliphatic carbocycles. The van der Waals surface area contributed by atoms with E-state index in [1.165, 1.54) is 0 Å². The van der Waals surface area contributed by atoms with E-state index in [0.29, 0.717) is 40.7 Å². The second kappa shape index (κ2) is 6.09. The Bertz CT molecular complexity index is 1030. The molecule has 0 saturated carbocycles. The highest BCUT2D eigenvalue weighted by molar-refractivity contribution is 6.01. The molecule has 28 heavy (non-hydrogen) atoms. The lowest BCUT2D eigenvalue weighted by atomic mass is 9.94. The van der Waals surface area contributed by atoms with Crippen molar-refractivity contribution in [1.82, 2.24) is 4.90 Å². The average Bonchev–Trinajstić information content (AvgIpc) is 3.20. The van der Waals surface area contributed by atoms with Gasteiger partial charge in [-0.15, -0.1) is 0 Å². The number of hydrogen-bond donors (Lipinski definition) is 0. The van der Waals surface area contributed by atoms with Crippen LogP contribution in [0, 0.1) is 0 Å². The minimum atomic E-state index is -0.141. The molecule has 1 unspecified atom stereocenters. The summed E-state index contributed by atoms with van der Waals surface area (Å²) in [6.07, 6.45) is 4.30. The monoisotopic (exact) mass is 381 g/mol. The van der Waals surface area contributed by atoms with Crippen molar-refractivity contribution in [3.8, 4) is 28.7 Å². The van der Waals surface area contributed by atoms with E-state index < -0.39 is 0 Å². The molecule has 0 radical (unpaired) electrons. The molecule has 0 saturated heterocycles. The summed E-state index contributed by atoms with van der Waals surface area (Å²) >= 11 is 0. The van der Waals surface area contributed by atoms with Gasteiger partial charge in [0, 0.05) is 17.3 Å². The van der Waals surface area contributed by atoms with Crippen LogP contribution in [0.15, 0.2) is 24.4 Å². The minimum Gasteiger partial charge on any atom is -0.493 e. The molecule has 1 amide bonds. The van der Waals surface area contributed by atoms with E-state index in [9.17, 15) is 4.79 Å². The number of nitrogens with zero attached hydrogens (tertiary/aromatic N) is 1. The first kappa shape index (κ1) is 16.8. The molecule has 2 aromatic carbocycles. The van der Waals surface area contributed by atoms with Crippen LogP contribution in [0.1, 0.15) is 33.1 Å². The zero-order valence-electron chi connectivity index (χ0n) is 15.8. The summed E-state index contributed by atoms with van der Waals surface area (Å²) < 4.78 is 27.6. The first-order chi connectivity index (χ1) is 13.7. The van der Waals surface area contributed by atoms with Gasteiger partial charge in [0.05, 0.1) is 27.4 Å².